The summed E-state index contributed by atoms with van der Waals surface area (Å²) >= 11 is 5.38. The molecular formula is C14H18BrN3S. The summed E-state index contributed by atoms with van der Waals surface area (Å²) in [5.74, 6) is 0. The van der Waals surface area contributed by atoms with Crippen molar-refractivity contribution in [3.05, 3.63) is 40.0 Å². The first kappa shape index (κ1) is 14.6. The highest BCUT2D eigenvalue weighted by Gasteiger charge is 2.10. The van der Waals surface area contributed by atoms with Gasteiger partial charge in [-0.2, -0.15) is 5.10 Å². The zero-order valence-electron chi connectivity index (χ0n) is 11.6. The molecule has 0 radical (unpaired) electrons. The van der Waals surface area contributed by atoms with E-state index in [1.165, 1.54) is 10.5 Å². The molecule has 1 unspecified atom stereocenters. The minimum atomic E-state index is 0.340. The van der Waals surface area contributed by atoms with Gasteiger partial charge in [0.2, 0.25) is 0 Å². The van der Waals surface area contributed by atoms with Gasteiger partial charge in [0.05, 0.1) is 10.7 Å². The standard InChI is InChI=1S/C14H18BrN3S/c1-9-7-14(18(4)17-9)19-11-5-6-12(10(2)16-3)13(15)8-11/h5-8,10,16H,1-4H3. The molecule has 0 saturated carbocycles. The van der Waals surface area contributed by atoms with Gasteiger partial charge in [0.25, 0.3) is 0 Å². The SMILES string of the molecule is CNC(C)c1ccc(Sc2cc(C)nn2C)cc1Br. The maximum Gasteiger partial charge on any atom is 0.0986 e. The van der Waals surface area contributed by atoms with Gasteiger partial charge in [0, 0.05) is 22.5 Å². The first-order valence-electron chi connectivity index (χ1n) is 6.16. The first-order valence-corrected chi connectivity index (χ1v) is 7.77. The summed E-state index contributed by atoms with van der Waals surface area (Å²) in [5.41, 5.74) is 2.32. The molecule has 2 aromatic rings. The maximum absolute atomic E-state index is 4.36. The Hall–Kier alpha value is -0.780. The van der Waals surface area contributed by atoms with Crippen LogP contribution in [-0.2, 0) is 7.05 Å². The van der Waals surface area contributed by atoms with Crippen LogP contribution in [0.2, 0.25) is 0 Å². The molecule has 1 aromatic heterocycles. The topological polar surface area (TPSA) is 29.9 Å². The van der Waals surface area contributed by atoms with Crippen molar-refractivity contribution in [1.82, 2.24) is 15.1 Å². The molecule has 0 amide bonds. The molecule has 1 atom stereocenters. The van der Waals surface area contributed by atoms with Crippen molar-refractivity contribution in [3.63, 3.8) is 0 Å². The highest BCUT2D eigenvalue weighted by Crippen LogP contribution is 2.32. The third kappa shape index (κ3) is 3.41. The summed E-state index contributed by atoms with van der Waals surface area (Å²) in [6.45, 7) is 4.16. The largest absolute Gasteiger partial charge is 0.313 e. The predicted molar refractivity (Wildman–Crippen MR) is 83.7 cm³/mol. The van der Waals surface area contributed by atoms with Crippen LogP contribution in [0.3, 0.4) is 0 Å². The molecular weight excluding hydrogens is 322 g/mol. The van der Waals surface area contributed by atoms with E-state index in [4.69, 9.17) is 0 Å². The molecule has 1 aromatic carbocycles. The molecule has 1 heterocycles. The lowest BCUT2D eigenvalue weighted by atomic mass is 10.1. The van der Waals surface area contributed by atoms with E-state index in [9.17, 15) is 0 Å². The predicted octanol–water partition coefficient (Wildman–Crippen LogP) is 3.92. The van der Waals surface area contributed by atoms with Crippen LogP contribution in [0.5, 0.6) is 0 Å². The Morgan fingerprint density at radius 3 is 2.63 bits per heavy atom. The highest BCUT2D eigenvalue weighted by molar-refractivity contribution is 9.10. The van der Waals surface area contributed by atoms with Crippen LogP contribution in [-0.4, -0.2) is 16.8 Å². The first-order chi connectivity index (χ1) is 9.01. The van der Waals surface area contributed by atoms with E-state index in [0.717, 1.165) is 15.2 Å². The van der Waals surface area contributed by atoms with E-state index < -0.39 is 0 Å². The van der Waals surface area contributed by atoms with Crippen LogP contribution in [0.1, 0.15) is 24.2 Å². The van der Waals surface area contributed by atoms with Crippen LogP contribution < -0.4 is 5.32 Å². The number of halogens is 1. The van der Waals surface area contributed by atoms with Crippen molar-refractivity contribution < 1.29 is 0 Å². The molecule has 102 valence electrons. The Morgan fingerprint density at radius 1 is 1.37 bits per heavy atom. The number of benzene rings is 1. The summed E-state index contributed by atoms with van der Waals surface area (Å²) < 4.78 is 3.05. The smallest absolute Gasteiger partial charge is 0.0986 e. The van der Waals surface area contributed by atoms with Gasteiger partial charge in [-0.15, -0.1) is 0 Å². The second-order valence-corrected chi connectivity index (χ2v) is 6.49. The highest BCUT2D eigenvalue weighted by atomic mass is 79.9. The molecule has 0 aliphatic carbocycles. The number of aryl methyl sites for hydroxylation is 2. The van der Waals surface area contributed by atoms with Crippen molar-refractivity contribution in [2.45, 2.75) is 29.8 Å². The van der Waals surface area contributed by atoms with Crippen LogP contribution in [0, 0.1) is 6.92 Å². The second-order valence-electron chi connectivity index (χ2n) is 4.54. The molecule has 0 aliphatic rings. The number of nitrogens with one attached hydrogen (secondary N) is 1. The zero-order valence-corrected chi connectivity index (χ0v) is 14.0. The number of aromatic nitrogens is 2. The van der Waals surface area contributed by atoms with Gasteiger partial charge in [-0.05, 0) is 44.7 Å². The third-order valence-corrected chi connectivity index (χ3v) is 4.82. The molecule has 1 N–H and O–H groups in total. The van der Waals surface area contributed by atoms with Gasteiger partial charge < -0.3 is 5.32 Å². The Balaban J connectivity index is 2.23. The lowest BCUT2D eigenvalue weighted by molar-refractivity contribution is 0.649. The van der Waals surface area contributed by atoms with Gasteiger partial charge in [-0.1, -0.05) is 33.8 Å². The van der Waals surface area contributed by atoms with Gasteiger partial charge in [0.1, 0.15) is 0 Å². The van der Waals surface area contributed by atoms with Gasteiger partial charge >= 0.3 is 0 Å². The zero-order chi connectivity index (χ0) is 14.0. The van der Waals surface area contributed by atoms with Gasteiger partial charge in [-0.25, -0.2) is 0 Å². The fourth-order valence-corrected chi connectivity index (χ4v) is 3.71. The quantitative estimate of drug-likeness (QED) is 0.915. The van der Waals surface area contributed by atoms with Crippen LogP contribution in [0.15, 0.2) is 38.7 Å². The van der Waals surface area contributed by atoms with Crippen LogP contribution >= 0.6 is 27.7 Å². The monoisotopic (exact) mass is 339 g/mol. The average Bonchev–Trinajstić information content (AvgIpc) is 2.67. The van der Waals surface area contributed by atoms with Crippen molar-refractivity contribution >= 4 is 27.7 Å². The number of nitrogens with zero attached hydrogens (tertiary/aromatic N) is 2. The van der Waals surface area contributed by atoms with Crippen molar-refractivity contribution in [2.24, 2.45) is 7.05 Å². The summed E-state index contributed by atoms with van der Waals surface area (Å²) in [7, 11) is 3.94. The molecule has 5 heteroatoms. The van der Waals surface area contributed by atoms with E-state index in [-0.39, 0.29) is 0 Å². The van der Waals surface area contributed by atoms with E-state index in [2.05, 4.69) is 57.5 Å². The molecule has 2 rings (SSSR count). The number of hydrogen-bond acceptors (Lipinski definition) is 3. The summed E-state index contributed by atoms with van der Waals surface area (Å²) in [5, 5.41) is 8.77. The van der Waals surface area contributed by atoms with Crippen molar-refractivity contribution in [2.75, 3.05) is 7.05 Å². The summed E-state index contributed by atoms with van der Waals surface area (Å²) in [4.78, 5) is 1.21. The molecule has 0 spiro atoms. The fraction of sp³-hybridized carbons (Fsp3) is 0.357. The Labute approximate surface area is 126 Å². The van der Waals surface area contributed by atoms with E-state index in [0.29, 0.717) is 6.04 Å². The normalized spacial score (nSPS) is 12.7. The van der Waals surface area contributed by atoms with Gasteiger partial charge in [-0.3, -0.25) is 4.68 Å². The lowest BCUT2D eigenvalue weighted by Crippen LogP contribution is -2.12. The molecule has 0 saturated heterocycles. The van der Waals surface area contributed by atoms with Crippen LogP contribution in [0.4, 0.5) is 0 Å². The van der Waals surface area contributed by atoms with E-state index in [1.807, 2.05) is 25.7 Å². The average molecular weight is 340 g/mol. The summed E-state index contributed by atoms with van der Waals surface area (Å²) in [6, 6.07) is 8.92. The molecule has 0 aliphatic heterocycles. The second kappa shape index (κ2) is 6.11. The summed E-state index contributed by atoms with van der Waals surface area (Å²) in [6.07, 6.45) is 0. The fourth-order valence-electron chi connectivity index (χ4n) is 1.88. The van der Waals surface area contributed by atoms with Crippen molar-refractivity contribution in [3.8, 4) is 0 Å². The Morgan fingerprint density at radius 2 is 2.11 bits per heavy atom. The van der Waals surface area contributed by atoms with Gasteiger partial charge in [0.15, 0.2) is 0 Å². The number of rotatable bonds is 4. The minimum Gasteiger partial charge on any atom is -0.313 e. The molecule has 3 nitrogen and oxygen atoms in total. The molecule has 0 fully saturated rings. The van der Waals surface area contributed by atoms with Crippen molar-refractivity contribution in [1.29, 1.82) is 0 Å². The Kier molecular flexibility index (Phi) is 4.71. The lowest BCUT2D eigenvalue weighted by Gasteiger charge is -2.13. The number of hydrogen-bond donors (Lipinski definition) is 1. The maximum atomic E-state index is 4.36. The third-order valence-electron chi connectivity index (χ3n) is 3.05. The van der Waals surface area contributed by atoms with E-state index in [1.54, 1.807) is 11.8 Å². The molecule has 0 bridgehead atoms. The van der Waals surface area contributed by atoms with Crippen LogP contribution in [0.25, 0.3) is 0 Å². The minimum absolute atomic E-state index is 0.340. The molecule has 19 heavy (non-hydrogen) atoms. The Bertz CT molecular complexity index is 580. The van der Waals surface area contributed by atoms with E-state index >= 15 is 0 Å².